The summed E-state index contributed by atoms with van der Waals surface area (Å²) in [5.74, 6) is -2.71. The van der Waals surface area contributed by atoms with Gasteiger partial charge < -0.3 is 8.94 Å². The third-order valence-electron chi connectivity index (χ3n) is 1.55. The molecule has 0 spiro atoms. The molecular weight excluding hydrogens is 298 g/mol. The fourth-order valence-electron chi connectivity index (χ4n) is 0.826. The molecule has 12 heteroatoms. The highest BCUT2D eigenvalue weighted by Crippen LogP contribution is 2.27. The van der Waals surface area contributed by atoms with Gasteiger partial charge in [-0.1, -0.05) is 5.16 Å². The van der Waals surface area contributed by atoms with Crippen LogP contribution in [0.2, 0.25) is 0 Å². The molecular formula is C8H6F6N4O2. The van der Waals surface area contributed by atoms with E-state index >= 15 is 0 Å². The van der Waals surface area contributed by atoms with Gasteiger partial charge >= 0.3 is 18.2 Å². The van der Waals surface area contributed by atoms with Crippen LogP contribution in [-0.2, 0) is 12.4 Å². The fourth-order valence-corrected chi connectivity index (χ4v) is 0.826. The standard InChI is InChI=1S/2C4H3F3N2O/c1-2-8-9-3(10-2)4(5,6)7;1-2-8-3(9-10-2)4(5,6)7/h2*1H3. The fraction of sp³-hybridized carbons (Fsp3) is 0.500. The van der Waals surface area contributed by atoms with Gasteiger partial charge in [-0.2, -0.15) is 31.3 Å². The van der Waals surface area contributed by atoms with Crippen LogP contribution in [0.25, 0.3) is 0 Å². The van der Waals surface area contributed by atoms with Crippen LogP contribution in [0.15, 0.2) is 8.94 Å². The largest absolute Gasteiger partial charge is 0.470 e. The van der Waals surface area contributed by atoms with E-state index in [9.17, 15) is 26.3 Å². The lowest BCUT2D eigenvalue weighted by atomic mass is 10.6. The highest BCUT2D eigenvalue weighted by Gasteiger charge is 2.37. The Bertz CT molecular complexity index is 508. The maximum Gasteiger partial charge on any atom is 0.470 e. The Labute approximate surface area is 106 Å². The molecule has 0 fully saturated rings. The number of halogens is 6. The molecule has 0 aliphatic rings. The van der Waals surface area contributed by atoms with Crippen LogP contribution in [0.3, 0.4) is 0 Å². The molecule has 2 heterocycles. The number of hydrogen-bond acceptors (Lipinski definition) is 6. The minimum absolute atomic E-state index is 0.0904. The van der Waals surface area contributed by atoms with Crippen LogP contribution in [0.5, 0.6) is 0 Å². The van der Waals surface area contributed by atoms with Crippen LogP contribution in [0, 0.1) is 13.8 Å². The van der Waals surface area contributed by atoms with Crippen LogP contribution in [0.1, 0.15) is 23.5 Å². The summed E-state index contributed by atoms with van der Waals surface area (Å²) in [5, 5.41) is 8.47. The molecule has 0 saturated carbocycles. The third kappa shape index (κ3) is 4.51. The van der Waals surface area contributed by atoms with Crippen molar-refractivity contribution in [1.82, 2.24) is 20.3 Å². The Morgan fingerprint density at radius 3 is 1.65 bits per heavy atom. The van der Waals surface area contributed by atoms with E-state index in [1.807, 2.05) is 0 Å². The number of alkyl halides is 6. The summed E-state index contributed by atoms with van der Waals surface area (Å²) in [6, 6.07) is 0. The van der Waals surface area contributed by atoms with Crippen molar-refractivity contribution in [2.45, 2.75) is 26.2 Å². The quantitative estimate of drug-likeness (QED) is 0.696. The van der Waals surface area contributed by atoms with Gasteiger partial charge in [-0.3, -0.25) is 0 Å². The molecule has 0 unspecified atom stereocenters. The number of hydrogen-bond donors (Lipinski definition) is 0. The molecule has 0 aliphatic carbocycles. The SMILES string of the molecule is Cc1nc(C(F)(F)F)no1.Cc1nnc(C(F)(F)F)o1. The summed E-state index contributed by atoms with van der Waals surface area (Å²) in [4.78, 5) is 2.98. The zero-order valence-corrected chi connectivity index (χ0v) is 9.87. The first-order chi connectivity index (χ1) is 9.00. The van der Waals surface area contributed by atoms with Crippen molar-refractivity contribution >= 4 is 0 Å². The molecule has 0 N–H and O–H groups in total. The van der Waals surface area contributed by atoms with Gasteiger partial charge in [-0.05, 0) is 0 Å². The predicted molar refractivity (Wildman–Crippen MR) is 48.1 cm³/mol. The lowest BCUT2D eigenvalue weighted by Gasteiger charge is -1.95. The van der Waals surface area contributed by atoms with Crippen molar-refractivity contribution in [3.63, 3.8) is 0 Å². The minimum atomic E-state index is -4.53. The Morgan fingerprint density at radius 2 is 1.45 bits per heavy atom. The van der Waals surface area contributed by atoms with Gasteiger partial charge in [0.05, 0.1) is 0 Å². The first-order valence-electron chi connectivity index (χ1n) is 4.75. The molecule has 6 nitrogen and oxygen atoms in total. The summed E-state index contributed by atoms with van der Waals surface area (Å²) in [6.45, 7) is 2.59. The van der Waals surface area contributed by atoms with Crippen LogP contribution in [0.4, 0.5) is 26.3 Å². The Kier molecular flexibility index (Phi) is 4.35. The van der Waals surface area contributed by atoms with E-state index in [-0.39, 0.29) is 11.8 Å². The molecule has 0 aromatic carbocycles. The molecule has 0 atom stereocenters. The molecule has 0 bridgehead atoms. The van der Waals surface area contributed by atoms with Gasteiger partial charge in [0, 0.05) is 13.8 Å². The van der Waals surface area contributed by atoms with E-state index < -0.39 is 24.1 Å². The van der Waals surface area contributed by atoms with Gasteiger partial charge in [-0.25, -0.2) is 0 Å². The van der Waals surface area contributed by atoms with E-state index in [0.717, 1.165) is 0 Å². The van der Waals surface area contributed by atoms with E-state index in [4.69, 9.17) is 0 Å². The van der Waals surface area contributed by atoms with Gasteiger partial charge in [0.25, 0.3) is 5.82 Å². The van der Waals surface area contributed by atoms with Crippen molar-refractivity contribution in [2.75, 3.05) is 0 Å². The van der Waals surface area contributed by atoms with Crippen molar-refractivity contribution < 1.29 is 35.3 Å². The number of aromatic nitrogens is 4. The first kappa shape index (κ1) is 15.9. The maximum absolute atomic E-state index is 11.6. The summed E-state index contributed by atoms with van der Waals surface area (Å²) >= 11 is 0. The van der Waals surface area contributed by atoms with Crippen LogP contribution < -0.4 is 0 Å². The second-order valence-corrected chi connectivity index (χ2v) is 3.26. The molecule has 0 aliphatic heterocycles. The van der Waals surface area contributed by atoms with E-state index in [0.29, 0.717) is 0 Å². The third-order valence-corrected chi connectivity index (χ3v) is 1.55. The van der Waals surface area contributed by atoms with Gasteiger partial charge in [0.1, 0.15) is 0 Å². The lowest BCUT2D eigenvalue weighted by Crippen LogP contribution is -2.06. The maximum atomic E-state index is 11.6. The van der Waals surface area contributed by atoms with Crippen molar-refractivity contribution in [3.05, 3.63) is 23.5 Å². The van der Waals surface area contributed by atoms with E-state index in [2.05, 4.69) is 29.3 Å². The Hall–Kier alpha value is -2.14. The highest BCUT2D eigenvalue weighted by atomic mass is 19.4. The molecule has 2 rings (SSSR count). The first-order valence-corrected chi connectivity index (χ1v) is 4.75. The Balaban J connectivity index is 0.000000200. The smallest absolute Gasteiger partial charge is 0.418 e. The van der Waals surface area contributed by atoms with E-state index in [1.54, 1.807) is 0 Å². The average Bonchev–Trinajstić information content (AvgIpc) is 2.85. The minimum Gasteiger partial charge on any atom is -0.418 e. The topological polar surface area (TPSA) is 77.8 Å². The van der Waals surface area contributed by atoms with Crippen LogP contribution in [-0.4, -0.2) is 20.3 Å². The summed E-state index contributed by atoms with van der Waals surface area (Å²) < 4.78 is 77.9. The zero-order chi connectivity index (χ0) is 15.6. The van der Waals surface area contributed by atoms with Gasteiger partial charge in [0.2, 0.25) is 11.8 Å². The van der Waals surface area contributed by atoms with Gasteiger partial charge in [0.15, 0.2) is 0 Å². The molecule has 0 saturated heterocycles. The predicted octanol–water partition coefficient (Wildman–Crippen LogP) is 2.79. The van der Waals surface area contributed by atoms with Gasteiger partial charge in [-0.15, -0.1) is 10.2 Å². The van der Waals surface area contributed by atoms with Crippen molar-refractivity contribution in [1.29, 1.82) is 0 Å². The van der Waals surface area contributed by atoms with Crippen molar-refractivity contribution in [2.24, 2.45) is 0 Å². The van der Waals surface area contributed by atoms with Crippen LogP contribution >= 0.6 is 0 Å². The Morgan fingerprint density at radius 1 is 0.850 bits per heavy atom. The summed E-state index contributed by atoms with van der Waals surface area (Å²) in [5.41, 5.74) is 0. The average molecular weight is 304 g/mol. The second kappa shape index (κ2) is 5.46. The normalized spacial score (nSPS) is 12.0. The molecule has 0 radical (unpaired) electrons. The monoisotopic (exact) mass is 304 g/mol. The molecule has 2 aromatic heterocycles. The van der Waals surface area contributed by atoms with Crippen molar-refractivity contribution in [3.8, 4) is 0 Å². The zero-order valence-electron chi connectivity index (χ0n) is 9.87. The molecule has 20 heavy (non-hydrogen) atoms. The lowest BCUT2D eigenvalue weighted by molar-refractivity contribution is -0.157. The molecule has 0 amide bonds. The van der Waals surface area contributed by atoms with E-state index in [1.165, 1.54) is 13.8 Å². The summed E-state index contributed by atoms with van der Waals surface area (Å²) in [6.07, 6.45) is -9.03. The second-order valence-electron chi connectivity index (χ2n) is 3.26. The molecule has 112 valence electrons. The molecule has 2 aromatic rings. The highest BCUT2D eigenvalue weighted by molar-refractivity contribution is 4.88. The number of nitrogens with zero attached hydrogens (tertiary/aromatic N) is 4. The summed E-state index contributed by atoms with van der Waals surface area (Å²) in [7, 11) is 0. The number of rotatable bonds is 0. The number of aryl methyl sites for hydroxylation is 2.